The van der Waals surface area contributed by atoms with Crippen molar-refractivity contribution in [1.29, 1.82) is 0 Å². The standard InChI is InChI=1S/C7H17NOS/c1-2-6-10-7-4-8-3-5-9/h8-9H,2-7H2,1H3. The molecular weight excluding hydrogens is 146 g/mol. The maximum absolute atomic E-state index is 8.40. The van der Waals surface area contributed by atoms with Gasteiger partial charge in [0.25, 0.3) is 0 Å². The normalized spacial score (nSPS) is 10.2. The molecule has 0 saturated carbocycles. The van der Waals surface area contributed by atoms with Crippen LogP contribution in [0.5, 0.6) is 0 Å². The lowest BCUT2D eigenvalue weighted by atomic mass is 10.6. The van der Waals surface area contributed by atoms with Gasteiger partial charge in [-0.1, -0.05) is 6.92 Å². The van der Waals surface area contributed by atoms with Crippen molar-refractivity contribution in [2.45, 2.75) is 13.3 Å². The summed E-state index contributed by atoms with van der Waals surface area (Å²) in [5, 5.41) is 11.5. The van der Waals surface area contributed by atoms with E-state index in [1.165, 1.54) is 12.2 Å². The number of aliphatic hydroxyl groups excluding tert-OH is 1. The lowest BCUT2D eigenvalue weighted by Gasteiger charge is -2.00. The molecular formula is C7H17NOS. The van der Waals surface area contributed by atoms with Gasteiger partial charge in [0.05, 0.1) is 6.61 Å². The fraction of sp³-hybridized carbons (Fsp3) is 1.00. The second-order valence-electron chi connectivity index (χ2n) is 2.09. The molecule has 0 spiro atoms. The fourth-order valence-electron chi connectivity index (χ4n) is 0.595. The quantitative estimate of drug-likeness (QED) is 0.542. The number of nitrogens with one attached hydrogen (secondary N) is 1. The van der Waals surface area contributed by atoms with Crippen LogP contribution in [0.25, 0.3) is 0 Å². The molecule has 0 amide bonds. The summed E-state index contributed by atoms with van der Waals surface area (Å²) in [6.45, 7) is 4.19. The molecule has 0 atom stereocenters. The number of rotatable bonds is 7. The summed E-state index contributed by atoms with van der Waals surface area (Å²) < 4.78 is 0. The van der Waals surface area contributed by atoms with Crippen LogP contribution in [0.1, 0.15) is 13.3 Å². The Labute approximate surface area is 67.4 Å². The average Bonchev–Trinajstić information content (AvgIpc) is 1.97. The predicted molar refractivity (Wildman–Crippen MR) is 47.6 cm³/mol. The first-order valence-electron chi connectivity index (χ1n) is 3.81. The lowest BCUT2D eigenvalue weighted by Crippen LogP contribution is -2.20. The van der Waals surface area contributed by atoms with Crippen molar-refractivity contribution in [2.24, 2.45) is 0 Å². The smallest absolute Gasteiger partial charge is 0.0555 e. The third kappa shape index (κ3) is 8.27. The SMILES string of the molecule is CCCSCCNCCO. The summed E-state index contributed by atoms with van der Waals surface area (Å²) in [6, 6.07) is 0. The Morgan fingerprint density at radius 2 is 2.10 bits per heavy atom. The van der Waals surface area contributed by atoms with Crippen LogP contribution in [0, 0.1) is 0 Å². The summed E-state index contributed by atoms with van der Waals surface area (Å²) in [7, 11) is 0. The van der Waals surface area contributed by atoms with Crippen LogP contribution in [0.15, 0.2) is 0 Å². The average molecular weight is 163 g/mol. The zero-order valence-electron chi connectivity index (χ0n) is 6.60. The molecule has 0 aromatic carbocycles. The first kappa shape index (κ1) is 10.3. The van der Waals surface area contributed by atoms with Gasteiger partial charge < -0.3 is 10.4 Å². The Kier molecular flexibility index (Phi) is 9.52. The zero-order valence-corrected chi connectivity index (χ0v) is 7.41. The zero-order chi connectivity index (χ0) is 7.66. The first-order valence-corrected chi connectivity index (χ1v) is 4.96. The van der Waals surface area contributed by atoms with E-state index in [4.69, 9.17) is 5.11 Å². The summed E-state index contributed by atoms with van der Waals surface area (Å²) in [6.07, 6.45) is 1.25. The van der Waals surface area contributed by atoms with E-state index < -0.39 is 0 Å². The van der Waals surface area contributed by atoms with E-state index in [9.17, 15) is 0 Å². The maximum atomic E-state index is 8.40. The molecule has 0 aliphatic rings. The summed E-state index contributed by atoms with van der Waals surface area (Å²) in [4.78, 5) is 0. The molecule has 0 bridgehead atoms. The number of hydrogen-bond acceptors (Lipinski definition) is 3. The van der Waals surface area contributed by atoms with Crippen molar-refractivity contribution in [2.75, 3.05) is 31.2 Å². The van der Waals surface area contributed by atoms with Gasteiger partial charge in [0, 0.05) is 18.8 Å². The highest BCUT2D eigenvalue weighted by atomic mass is 32.2. The molecule has 0 radical (unpaired) electrons. The molecule has 0 aliphatic heterocycles. The van der Waals surface area contributed by atoms with Gasteiger partial charge in [-0.3, -0.25) is 0 Å². The lowest BCUT2D eigenvalue weighted by molar-refractivity contribution is 0.294. The minimum Gasteiger partial charge on any atom is -0.395 e. The largest absolute Gasteiger partial charge is 0.395 e. The first-order chi connectivity index (χ1) is 4.91. The van der Waals surface area contributed by atoms with Crippen LogP contribution in [0.3, 0.4) is 0 Å². The van der Waals surface area contributed by atoms with E-state index in [1.54, 1.807) is 0 Å². The van der Waals surface area contributed by atoms with Gasteiger partial charge in [0.1, 0.15) is 0 Å². The molecule has 0 saturated heterocycles. The Hall–Kier alpha value is 0.270. The third-order valence-corrected chi connectivity index (χ3v) is 2.25. The van der Waals surface area contributed by atoms with Crippen molar-refractivity contribution in [3.63, 3.8) is 0 Å². The Bertz CT molecular complexity index is 53.6. The highest BCUT2D eigenvalue weighted by Crippen LogP contribution is 1.99. The van der Waals surface area contributed by atoms with Gasteiger partial charge in [-0.2, -0.15) is 11.8 Å². The Balaban J connectivity index is 2.65. The van der Waals surface area contributed by atoms with Gasteiger partial charge in [0.15, 0.2) is 0 Å². The molecule has 2 nitrogen and oxygen atoms in total. The summed E-state index contributed by atoms with van der Waals surface area (Å²) >= 11 is 1.96. The molecule has 0 rings (SSSR count). The van der Waals surface area contributed by atoms with Gasteiger partial charge >= 0.3 is 0 Å². The molecule has 0 fully saturated rings. The molecule has 2 N–H and O–H groups in total. The van der Waals surface area contributed by atoms with E-state index >= 15 is 0 Å². The Morgan fingerprint density at radius 3 is 2.70 bits per heavy atom. The van der Waals surface area contributed by atoms with Crippen molar-refractivity contribution < 1.29 is 5.11 Å². The van der Waals surface area contributed by atoms with Crippen molar-refractivity contribution >= 4 is 11.8 Å². The minimum atomic E-state index is 0.248. The van der Waals surface area contributed by atoms with Crippen LogP contribution in [-0.4, -0.2) is 36.3 Å². The van der Waals surface area contributed by atoms with Crippen LogP contribution in [0.2, 0.25) is 0 Å². The summed E-state index contributed by atoms with van der Waals surface area (Å²) in [5.74, 6) is 2.41. The topological polar surface area (TPSA) is 32.3 Å². The van der Waals surface area contributed by atoms with Crippen molar-refractivity contribution in [3.8, 4) is 0 Å². The number of hydrogen-bond donors (Lipinski definition) is 2. The molecule has 0 aromatic rings. The van der Waals surface area contributed by atoms with E-state index in [2.05, 4.69) is 12.2 Å². The van der Waals surface area contributed by atoms with Crippen molar-refractivity contribution in [1.82, 2.24) is 5.32 Å². The molecule has 0 aromatic heterocycles. The highest BCUT2D eigenvalue weighted by molar-refractivity contribution is 7.99. The number of aliphatic hydroxyl groups is 1. The van der Waals surface area contributed by atoms with Crippen LogP contribution in [-0.2, 0) is 0 Å². The van der Waals surface area contributed by atoms with Crippen LogP contribution >= 0.6 is 11.8 Å². The maximum Gasteiger partial charge on any atom is 0.0555 e. The molecule has 62 valence electrons. The molecule has 0 heterocycles. The third-order valence-electron chi connectivity index (χ3n) is 1.06. The van der Waals surface area contributed by atoms with E-state index in [-0.39, 0.29) is 6.61 Å². The van der Waals surface area contributed by atoms with Gasteiger partial charge in [-0.15, -0.1) is 0 Å². The molecule has 10 heavy (non-hydrogen) atoms. The monoisotopic (exact) mass is 163 g/mol. The van der Waals surface area contributed by atoms with E-state index in [0.29, 0.717) is 0 Å². The second kappa shape index (κ2) is 9.27. The minimum absolute atomic E-state index is 0.248. The highest BCUT2D eigenvalue weighted by Gasteiger charge is 1.86. The second-order valence-corrected chi connectivity index (χ2v) is 3.31. The van der Waals surface area contributed by atoms with Crippen molar-refractivity contribution in [3.05, 3.63) is 0 Å². The van der Waals surface area contributed by atoms with Crippen LogP contribution in [0.4, 0.5) is 0 Å². The predicted octanol–water partition coefficient (Wildman–Crippen LogP) is 0.711. The number of thioether (sulfide) groups is 1. The molecule has 0 aliphatic carbocycles. The van der Waals surface area contributed by atoms with Gasteiger partial charge in [-0.05, 0) is 12.2 Å². The fourth-order valence-corrected chi connectivity index (χ4v) is 1.38. The van der Waals surface area contributed by atoms with Crippen LogP contribution < -0.4 is 5.32 Å². The van der Waals surface area contributed by atoms with E-state index in [1.807, 2.05) is 11.8 Å². The Morgan fingerprint density at radius 1 is 1.30 bits per heavy atom. The summed E-state index contributed by atoms with van der Waals surface area (Å²) in [5.41, 5.74) is 0. The van der Waals surface area contributed by atoms with Gasteiger partial charge in [-0.25, -0.2) is 0 Å². The molecule has 0 unspecified atom stereocenters. The molecule has 3 heteroatoms. The van der Waals surface area contributed by atoms with Gasteiger partial charge in [0.2, 0.25) is 0 Å². The van der Waals surface area contributed by atoms with E-state index in [0.717, 1.165) is 18.8 Å².